The Balaban J connectivity index is 1.47. The Morgan fingerprint density at radius 1 is 0.735 bits per heavy atom. The normalized spacial score (nSPS) is 10.9. The third-order valence-corrected chi connectivity index (χ3v) is 6.18. The molecule has 0 aliphatic carbocycles. The lowest BCUT2D eigenvalue weighted by Gasteiger charge is -2.11. The molecule has 5 rings (SSSR count). The van der Waals surface area contributed by atoms with Gasteiger partial charge >= 0.3 is 5.97 Å². The van der Waals surface area contributed by atoms with Gasteiger partial charge in [-0.25, -0.2) is 9.78 Å². The van der Waals surface area contributed by atoms with Gasteiger partial charge in [0.15, 0.2) is 0 Å². The minimum atomic E-state index is -0.438. The Bertz CT molecular complexity index is 1480. The Kier molecular flexibility index (Phi) is 6.31. The van der Waals surface area contributed by atoms with E-state index in [2.05, 4.69) is 24.3 Å². The first-order valence-corrected chi connectivity index (χ1v) is 11.5. The van der Waals surface area contributed by atoms with Crippen LogP contribution in [0.25, 0.3) is 33.3 Å². The zero-order chi connectivity index (χ0) is 23.5. The molecule has 1 heterocycles. The van der Waals surface area contributed by atoms with E-state index in [-0.39, 0.29) is 6.61 Å². The molecular formula is C29H19Cl2NO2. The summed E-state index contributed by atoms with van der Waals surface area (Å²) in [6.45, 7) is 0.0482. The van der Waals surface area contributed by atoms with Crippen LogP contribution in [-0.2, 0) is 11.3 Å². The summed E-state index contributed by atoms with van der Waals surface area (Å²) in [5.41, 5.74) is 5.75. The second-order valence-corrected chi connectivity index (χ2v) is 8.67. The summed E-state index contributed by atoms with van der Waals surface area (Å²) in [6, 6.07) is 32.8. The van der Waals surface area contributed by atoms with Gasteiger partial charge in [-0.05, 0) is 35.4 Å². The molecule has 3 nitrogen and oxygen atoms in total. The van der Waals surface area contributed by atoms with E-state index >= 15 is 0 Å². The second kappa shape index (κ2) is 9.68. The van der Waals surface area contributed by atoms with Gasteiger partial charge in [0.25, 0.3) is 0 Å². The number of aromatic nitrogens is 1. The van der Waals surface area contributed by atoms with E-state index in [9.17, 15) is 4.79 Å². The van der Waals surface area contributed by atoms with Crippen LogP contribution in [0.1, 0.15) is 15.9 Å². The molecule has 0 aliphatic heterocycles. The Morgan fingerprint density at radius 2 is 1.41 bits per heavy atom. The SMILES string of the molecule is O=C(OCc1ccc(Cl)cc1Cl)c1cc(-c2ccc(-c3ccccc3)cc2)nc2ccccc12. The Morgan fingerprint density at radius 3 is 2.18 bits per heavy atom. The van der Waals surface area contributed by atoms with Gasteiger partial charge in [-0.3, -0.25) is 0 Å². The van der Waals surface area contributed by atoms with E-state index in [0.717, 1.165) is 27.6 Å². The van der Waals surface area contributed by atoms with E-state index < -0.39 is 5.97 Å². The molecule has 1 aromatic heterocycles. The van der Waals surface area contributed by atoms with Crippen molar-refractivity contribution in [2.75, 3.05) is 0 Å². The van der Waals surface area contributed by atoms with E-state index in [1.54, 1.807) is 24.3 Å². The van der Waals surface area contributed by atoms with Crippen LogP contribution in [0.4, 0.5) is 0 Å². The molecule has 0 aliphatic rings. The molecule has 0 saturated carbocycles. The fraction of sp³-hybridized carbons (Fsp3) is 0.0345. The van der Waals surface area contributed by atoms with Crippen LogP contribution in [0.2, 0.25) is 10.0 Å². The monoisotopic (exact) mass is 483 g/mol. The number of fused-ring (bicyclic) bond motifs is 1. The van der Waals surface area contributed by atoms with Crippen molar-refractivity contribution in [2.45, 2.75) is 6.61 Å². The zero-order valence-electron chi connectivity index (χ0n) is 18.0. The summed E-state index contributed by atoms with van der Waals surface area (Å²) >= 11 is 12.2. The molecule has 0 amide bonds. The summed E-state index contributed by atoms with van der Waals surface area (Å²) in [5, 5.41) is 1.72. The standard InChI is InChI=1S/C29H19Cl2NO2/c30-23-15-14-22(26(31)16-23)18-34-29(33)25-17-28(32-27-9-5-4-8-24(25)27)21-12-10-20(11-13-21)19-6-2-1-3-7-19/h1-17H,18H2. The van der Waals surface area contributed by atoms with Gasteiger partial charge in [0.05, 0.1) is 16.8 Å². The van der Waals surface area contributed by atoms with Crippen LogP contribution in [0.5, 0.6) is 0 Å². The second-order valence-electron chi connectivity index (χ2n) is 7.83. The van der Waals surface area contributed by atoms with Gasteiger partial charge in [-0.1, -0.05) is 102 Å². The van der Waals surface area contributed by atoms with E-state index in [1.807, 2.05) is 54.6 Å². The third-order valence-electron chi connectivity index (χ3n) is 5.60. The number of para-hydroxylation sites is 1. The molecule has 0 fully saturated rings. The fourth-order valence-electron chi connectivity index (χ4n) is 3.82. The first-order valence-electron chi connectivity index (χ1n) is 10.8. The lowest BCUT2D eigenvalue weighted by atomic mass is 10.0. The topological polar surface area (TPSA) is 39.2 Å². The average Bonchev–Trinajstić information content (AvgIpc) is 2.88. The van der Waals surface area contributed by atoms with Crippen LogP contribution >= 0.6 is 23.2 Å². The predicted octanol–water partition coefficient (Wildman–Crippen LogP) is 8.23. The molecule has 0 N–H and O–H groups in total. The maximum absolute atomic E-state index is 13.1. The van der Waals surface area contributed by atoms with Crippen molar-refractivity contribution in [1.29, 1.82) is 0 Å². The van der Waals surface area contributed by atoms with Crippen molar-refractivity contribution in [3.63, 3.8) is 0 Å². The third kappa shape index (κ3) is 4.67. The Hall–Kier alpha value is -3.66. The predicted molar refractivity (Wildman–Crippen MR) is 138 cm³/mol. The molecule has 5 aromatic rings. The molecule has 5 heteroatoms. The minimum Gasteiger partial charge on any atom is -0.457 e. The first-order chi connectivity index (χ1) is 16.6. The Labute approximate surface area is 207 Å². The summed E-state index contributed by atoms with van der Waals surface area (Å²) in [5.74, 6) is -0.438. The smallest absolute Gasteiger partial charge is 0.339 e. The molecular weight excluding hydrogens is 465 g/mol. The van der Waals surface area contributed by atoms with Gasteiger partial charge in [-0.15, -0.1) is 0 Å². The highest BCUT2D eigenvalue weighted by Gasteiger charge is 2.16. The van der Waals surface area contributed by atoms with Crippen LogP contribution < -0.4 is 0 Å². The lowest BCUT2D eigenvalue weighted by molar-refractivity contribution is 0.0475. The number of pyridine rings is 1. The van der Waals surface area contributed by atoms with Gasteiger partial charge < -0.3 is 4.74 Å². The molecule has 34 heavy (non-hydrogen) atoms. The van der Waals surface area contributed by atoms with Crippen LogP contribution in [-0.4, -0.2) is 11.0 Å². The zero-order valence-corrected chi connectivity index (χ0v) is 19.6. The van der Waals surface area contributed by atoms with Crippen LogP contribution in [0.15, 0.2) is 103 Å². The van der Waals surface area contributed by atoms with Crippen molar-refractivity contribution in [2.24, 2.45) is 0 Å². The van der Waals surface area contributed by atoms with Gasteiger partial charge in [-0.2, -0.15) is 0 Å². The largest absolute Gasteiger partial charge is 0.457 e. The van der Waals surface area contributed by atoms with Crippen molar-refractivity contribution < 1.29 is 9.53 Å². The molecule has 0 saturated heterocycles. The first kappa shape index (κ1) is 22.1. The van der Waals surface area contributed by atoms with Gasteiger partial charge in [0, 0.05) is 26.6 Å². The highest BCUT2D eigenvalue weighted by Crippen LogP contribution is 2.28. The van der Waals surface area contributed by atoms with E-state index in [0.29, 0.717) is 26.9 Å². The fourth-order valence-corrected chi connectivity index (χ4v) is 4.28. The summed E-state index contributed by atoms with van der Waals surface area (Å²) < 4.78 is 5.62. The average molecular weight is 484 g/mol. The number of benzene rings is 4. The number of esters is 1. The molecule has 0 radical (unpaired) electrons. The number of rotatable bonds is 5. The van der Waals surface area contributed by atoms with Gasteiger partial charge in [0.1, 0.15) is 6.61 Å². The highest BCUT2D eigenvalue weighted by atomic mass is 35.5. The molecule has 4 aromatic carbocycles. The van der Waals surface area contributed by atoms with Crippen molar-refractivity contribution in [3.05, 3.63) is 124 Å². The summed E-state index contributed by atoms with van der Waals surface area (Å²) in [4.78, 5) is 17.9. The maximum Gasteiger partial charge on any atom is 0.339 e. The van der Waals surface area contributed by atoms with Crippen molar-refractivity contribution >= 4 is 40.1 Å². The molecule has 0 atom stereocenters. The van der Waals surface area contributed by atoms with Crippen LogP contribution in [0, 0.1) is 0 Å². The quantitative estimate of drug-likeness (QED) is 0.236. The highest BCUT2D eigenvalue weighted by molar-refractivity contribution is 6.35. The lowest BCUT2D eigenvalue weighted by Crippen LogP contribution is -2.07. The molecule has 166 valence electrons. The minimum absolute atomic E-state index is 0.0482. The van der Waals surface area contributed by atoms with Gasteiger partial charge in [0.2, 0.25) is 0 Å². The van der Waals surface area contributed by atoms with E-state index in [4.69, 9.17) is 32.9 Å². The van der Waals surface area contributed by atoms with Crippen molar-refractivity contribution in [3.8, 4) is 22.4 Å². The maximum atomic E-state index is 13.1. The van der Waals surface area contributed by atoms with Crippen LogP contribution in [0.3, 0.4) is 0 Å². The number of hydrogen-bond donors (Lipinski definition) is 0. The van der Waals surface area contributed by atoms with E-state index in [1.165, 1.54) is 0 Å². The number of halogens is 2. The number of carbonyl (C=O) groups excluding carboxylic acids is 1. The number of nitrogens with zero attached hydrogens (tertiary/aromatic N) is 1. The number of carbonyl (C=O) groups is 1. The summed E-state index contributed by atoms with van der Waals surface area (Å²) in [7, 11) is 0. The number of ether oxygens (including phenoxy) is 1. The molecule has 0 unspecified atom stereocenters. The summed E-state index contributed by atoms with van der Waals surface area (Å²) in [6.07, 6.45) is 0. The number of hydrogen-bond acceptors (Lipinski definition) is 3. The molecule has 0 spiro atoms. The van der Waals surface area contributed by atoms with Crippen molar-refractivity contribution in [1.82, 2.24) is 4.98 Å². The molecule has 0 bridgehead atoms.